The second kappa shape index (κ2) is 8.39. The molecule has 2 atom stereocenters. The van der Waals surface area contributed by atoms with E-state index in [-0.39, 0.29) is 17.1 Å². The number of halogens is 1. The summed E-state index contributed by atoms with van der Waals surface area (Å²) in [6.45, 7) is 4.90. The number of rotatable bonds is 5. The first-order valence-electron chi connectivity index (χ1n) is 9.88. The van der Waals surface area contributed by atoms with Gasteiger partial charge in [-0.15, -0.1) is 0 Å². The lowest BCUT2D eigenvalue weighted by molar-refractivity contribution is -0.118. The highest BCUT2D eigenvalue weighted by molar-refractivity contribution is 6.43. The molecule has 0 aliphatic heterocycles. The number of hydrogen-bond donors (Lipinski definition) is 3. The molecule has 1 fully saturated rings. The first kappa shape index (κ1) is 21.7. The normalized spacial score (nSPS) is 18.3. The number of aliphatic hydroxyl groups is 1. The van der Waals surface area contributed by atoms with Gasteiger partial charge in [0.05, 0.1) is 23.4 Å². The Morgan fingerprint density at radius 3 is 2.47 bits per heavy atom. The van der Waals surface area contributed by atoms with Gasteiger partial charge in [-0.2, -0.15) is 0 Å². The molecule has 3 rings (SSSR count). The first-order chi connectivity index (χ1) is 14.1. The summed E-state index contributed by atoms with van der Waals surface area (Å²) < 4.78 is 15.0. The third-order valence-electron chi connectivity index (χ3n) is 5.79. The molecule has 0 radical (unpaired) electrons. The van der Waals surface area contributed by atoms with Crippen LogP contribution in [0.25, 0.3) is 0 Å². The molecule has 1 heterocycles. The molecule has 30 heavy (non-hydrogen) atoms. The van der Waals surface area contributed by atoms with Crippen molar-refractivity contribution in [2.45, 2.75) is 52.2 Å². The highest BCUT2D eigenvalue weighted by atomic mass is 19.1. The molecule has 1 aromatic heterocycles. The third-order valence-corrected chi connectivity index (χ3v) is 5.79. The van der Waals surface area contributed by atoms with Crippen molar-refractivity contribution in [3.63, 3.8) is 0 Å². The fraction of sp³-hybridized carbons (Fsp3) is 0.409. The van der Waals surface area contributed by atoms with Crippen LogP contribution in [0.15, 0.2) is 18.2 Å². The van der Waals surface area contributed by atoms with E-state index in [2.05, 4.69) is 10.6 Å². The van der Waals surface area contributed by atoms with Crippen molar-refractivity contribution in [1.82, 2.24) is 9.88 Å². The van der Waals surface area contributed by atoms with Crippen molar-refractivity contribution in [2.24, 2.45) is 7.05 Å². The predicted molar refractivity (Wildman–Crippen MR) is 110 cm³/mol. The summed E-state index contributed by atoms with van der Waals surface area (Å²) in [6, 6.07) is 3.81. The van der Waals surface area contributed by atoms with Gasteiger partial charge in [0.2, 0.25) is 0 Å². The van der Waals surface area contributed by atoms with Crippen LogP contribution >= 0.6 is 0 Å². The third kappa shape index (κ3) is 4.00. The summed E-state index contributed by atoms with van der Waals surface area (Å²) in [5.74, 6) is -2.37. The van der Waals surface area contributed by atoms with E-state index in [1.807, 2.05) is 0 Å². The van der Waals surface area contributed by atoms with Crippen molar-refractivity contribution in [1.29, 1.82) is 0 Å². The molecule has 2 aromatic rings. The van der Waals surface area contributed by atoms with E-state index in [4.69, 9.17) is 0 Å². The average molecular weight is 415 g/mol. The van der Waals surface area contributed by atoms with E-state index in [1.54, 1.807) is 27.8 Å². The van der Waals surface area contributed by atoms with Crippen LogP contribution in [0.3, 0.4) is 0 Å². The Morgan fingerprint density at radius 1 is 1.17 bits per heavy atom. The standard InChI is InChI=1S/C22H26FN3O4/c1-11-10-14(8-9-15(11)23)24-21(29)18-12(2)19(26(4)13(18)3)20(28)22(30)25-16-6-5-7-17(16)27/h8-10,16-17,27H,5-7H2,1-4H3,(H,24,29)(H,25,30)/t16-,17+/m0/s1. The number of nitrogens with zero attached hydrogens (tertiary/aromatic N) is 1. The average Bonchev–Trinajstić information content (AvgIpc) is 3.18. The fourth-order valence-corrected chi connectivity index (χ4v) is 4.00. The molecule has 0 unspecified atom stereocenters. The molecule has 1 aliphatic rings. The Balaban J connectivity index is 1.85. The molecular weight excluding hydrogens is 389 g/mol. The molecule has 8 heteroatoms. The number of amides is 2. The number of aliphatic hydroxyl groups excluding tert-OH is 1. The molecule has 0 spiro atoms. The van der Waals surface area contributed by atoms with E-state index in [9.17, 15) is 23.9 Å². The first-order valence-corrected chi connectivity index (χ1v) is 9.88. The quantitative estimate of drug-likeness (QED) is 0.516. The van der Waals surface area contributed by atoms with Gasteiger partial charge in [0.15, 0.2) is 0 Å². The van der Waals surface area contributed by atoms with Gasteiger partial charge in [0.25, 0.3) is 17.6 Å². The van der Waals surface area contributed by atoms with Crippen molar-refractivity contribution >= 4 is 23.3 Å². The van der Waals surface area contributed by atoms with Gasteiger partial charge in [-0.05, 0) is 69.4 Å². The number of ketones is 1. The summed E-state index contributed by atoms with van der Waals surface area (Å²) in [7, 11) is 1.62. The number of Topliss-reactive ketones (excluding diaryl/α,β-unsaturated/α-hetero) is 1. The van der Waals surface area contributed by atoms with Crippen LogP contribution < -0.4 is 10.6 Å². The number of aryl methyl sites for hydroxylation is 1. The van der Waals surface area contributed by atoms with Gasteiger partial charge >= 0.3 is 0 Å². The molecule has 0 saturated heterocycles. The van der Waals surface area contributed by atoms with Crippen LogP contribution in [0, 0.1) is 26.6 Å². The number of aromatic nitrogens is 1. The van der Waals surface area contributed by atoms with Gasteiger partial charge in [-0.3, -0.25) is 14.4 Å². The number of nitrogens with one attached hydrogen (secondary N) is 2. The maximum absolute atomic E-state index is 13.5. The van der Waals surface area contributed by atoms with Gasteiger partial charge < -0.3 is 20.3 Å². The molecule has 3 N–H and O–H groups in total. The van der Waals surface area contributed by atoms with Gasteiger partial charge in [-0.25, -0.2) is 4.39 Å². The predicted octanol–water partition coefficient (Wildman–Crippen LogP) is 2.55. The SMILES string of the molecule is Cc1cc(NC(=O)c2c(C)c(C(=O)C(=O)N[C@H]3CCC[C@H]3O)n(C)c2C)ccc1F. The molecule has 0 bridgehead atoms. The maximum atomic E-state index is 13.5. The molecule has 2 amide bonds. The number of anilines is 1. The van der Waals surface area contributed by atoms with Crippen LogP contribution in [-0.2, 0) is 11.8 Å². The van der Waals surface area contributed by atoms with Crippen molar-refractivity contribution in [2.75, 3.05) is 5.32 Å². The fourth-order valence-electron chi connectivity index (χ4n) is 4.00. The summed E-state index contributed by atoms with van der Waals surface area (Å²) in [4.78, 5) is 38.2. The minimum atomic E-state index is -0.800. The van der Waals surface area contributed by atoms with E-state index < -0.39 is 29.7 Å². The highest BCUT2D eigenvalue weighted by Gasteiger charge is 2.32. The summed E-state index contributed by atoms with van der Waals surface area (Å²) >= 11 is 0. The van der Waals surface area contributed by atoms with E-state index in [0.29, 0.717) is 35.3 Å². The van der Waals surface area contributed by atoms with Crippen molar-refractivity contribution < 1.29 is 23.9 Å². The lowest BCUT2D eigenvalue weighted by atomic mass is 10.1. The molecule has 160 valence electrons. The number of hydrogen-bond acceptors (Lipinski definition) is 4. The van der Waals surface area contributed by atoms with Gasteiger partial charge in [-0.1, -0.05) is 0 Å². The number of carbonyl (C=O) groups excluding carboxylic acids is 3. The Labute approximate surface area is 174 Å². The molecule has 1 aliphatic carbocycles. The second-order valence-corrected chi connectivity index (χ2v) is 7.82. The minimum absolute atomic E-state index is 0.123. The largest absolute Gasteiger partial charge is 0.391 e. The summed E-state index contributed by atoms with van der Waals surface area (Å²) in [5.41, 5.74) is 2.16. The monoisotopic (exact) mass is 415 g/mol. The van der Waals surface area contributed by atoms with Crippen LogP contribution in [-0.4, -0.2) is 39.4 Å². The van der Waals surface area contributed by atoms with Crippen molar-refractivity contribution in [3.05, 3.63) is 52.1 Å². The van der Waals surface area contributed by atoms with E-state index in [0.717, 1.165) is 6.42 Å². The lowest BCUT2D eigenvalue weighted by Gasteiger charge is -2.16. The zero-order valence-electron chi connectivity index (χ0n) is 17.5. The summed E-state index contributed by atoms with van der Waals surface area (Å²) in [5, 5.41) is 15.2. The zero-order chi connectivity index (χ0) is 22.2. The smallest absolute Gasteiger partial charge is 0.294 e. The lowest BCUT2D eigenvalue weighted by Crippen LogP contribution is -2.43. The number of benzene rings is 1. The van der Waals surface area contributed by atoms with Crippen LogP contribution in [0.2, 0.25) is 0 Å². The van der Waals surface area contributed by atoms with Crippen LogP contribution in [0.5, 0.6) is 0 Å². The highest BCUT2D eigenvalue weighted by Crippen LogP contribution is 2.24. The topological polar surface area (TPSA) is 100 Å². The van der Waals surface area contributed by atoms with Crippen LogP contribution in [0.4, 0.5) is 10.1 Å². The Hall–Kier alpha value is -3.00. The minimum Gasteiger partial charge on any atom is -0.391 e. The molecule has 1 aromatic carbocycles. The van der Waals surface area contributed by atoms with E-state index in [1.165, 1.54) is 22.8 Å². The Morgan fingerprint density at radius 2 is 1.87 bits per heavy atom. The zero-order valence-corrected chi connectivity index (χ0v) is 17.5. The van der Waals surface area contributed by atoms with Crippen molar-refractivity contribution in [3.8, 4) is 0 Å². The molecule has 7 nitrogen and oxygen atoms in total. The van der Waals surface area contributed by atoms with E-state index >= 15 is 0 Å². The maximum Gasteiger partial charge on any atom is 0.294 e. The Kier molecular flexibility index (Phi) is 6.07. The number of carbonyl (C=O) groups is 3. The van der Waals surface area contributed by atoms with Crippen LogP contribution in [0.1, 0.15) is 56.9 Å². The van der Waals surface area contributed by atoms with Gasteiger partial charge in [0.1, 0.15) is 5.82 Å². The Bertz CT molecular complexity index is 1030. The molecule has 1 saturated carbocycles. The summed E-state index contributed by atoms with van der Waals surface area (Å²) in [6.07, 6.45) is 1.35. The second-order valence-electron chi connectivity index (χ2n) is 7.82. The molecular formula is C22H26FN3O4. The van der Waals surface area contributed by atoms with Gasteiger partial charge in [0, 0.05) is 18.4 Å².